The van der Waals surface area contributed by atoms with E-state index < -0.39 is 11.6 Å². The van der Waals surface area contributed by atoms with E-state index in [9.17, 15) is 8.78 Å². The van der Waals surface area contributed by atoms with Crippen molar-refractivity contribution < 1.29 is 8.78 Å². The summed E-state index contributed by atoms with van der Waals surface area (Å²) in [5, 5.41) is 22.2. The van der Waals surface area contributed by atoms with E-state index in [1.165, 1.54) is 6.07 Å². The number of aromatic nitrogens is 4. The predicted octanol–water partition coefficient (Wildman–Crippen LogP) is 7.84. The molecular formula is C26H19Cl3F2N8. The van der Waals surface area contributed by atoms with E-state index in [0.717, 1.165) is 17.2 Å². The number of H-pyrrole nitrogens is 1. The molecule has 5 N–H and O–H groups in total. The summed E-state index contributed by atoms with van der Waals surface area (Å²) in [6, 6.07) is 14.8. The first-order valence-electron chi connectivity index (χ1n) is 11.2. The molecule has 3 heterocycles. The number of fused-ring (bicyclic) bond motifs is 1. The number of hydrogen-bond donors (Lipinski definition) is 4. The fourth-order valence-electron chi connectivity index (χ4n) is 3.40. The quantitative estimate of drug-likeness (QED) is 0.158. The molecule has 0 fully saturated rings. The van der Waals surface area contributed by atoms with Gasteiger partial charge in [-0.25, -0.2) is 18.7 Å². The van der Waals surface area contributed by atoms with E-state index in [0.29, 0.717) is 32.5 Å². The Bertz CT molecular complexity index is 1730. The maximum atomic E-state index is 14.0. The molecule has 8 nitrogen and oxygen atoms in total. The molecule has 0 aliphatic heterocycles. The third-order valence-corrected chi connectivity index (χ3v) is 6.76. The van der Waals surface area contributed by atoms with Crippen molar-refractivity contribution in [2.24, 2.45) is 0 Å². The first-order valence-corrected chi connectivity index (χ1v) is 12.3. The van der Waals surface area contributed by atoms with Gasteiger partial charge in [-0.15, -0.1) is 0 Å². The van der Waals surface area contributed by atoms with Gasteiger partial charge in [0.25, 0.3) is 0 Å². The van der Waals surface area contributed by atoms with Crippen LogP contribution in [0.5, 0.6) is 0 Å². The normalized spacial score (nSPS) is 10.5. The molecule has 0 radical (unpaired) electrons. The van der Waals surface area contributed by atoms with Crippen LogP contribution in [0.1, 0.15) is 16.7 Å². The van der Waals surface area contributed by atoms with E-state index in [4.69, 9.17) is 45.8 Å². The Balaban J connectivity index is 0.000000181. The Hall–Kier alpha value is -4.17. The van der Waals surface area contributed by atoms with Crippen molar-refractivity contribution in [1.82, 2.24) is 20.2 Å². The SMILES string of the molecule is Cc1cccc(Nc2nc(Cl)c(C#N)cc2F)c1Cl.Cc1cccc(Nc2nc3n[nH]c(N)c3cc2F)c1Cl. The number of hydrogen-bond acceptors (Lipinski definition) is 7. The Labute approximate surface area is 236 Å². The average Bonchev–Trinajstić information content (AvgIpc) is 3.26. The zero-order valence-corrected chi connectivity index (χ0v) is 22.6. The molecule has 3 aromatic heterocycles. The minimum Gasteiger partial charge on any atom is -0.384 e. The van der Waals surface area contributed by atoms with E-state index in [-0.39, 0.29) is 28.2 Å². The average molecular weight is 588 g/mol. The number of nitrogen functional groups attached to an aromatic ring is 1. The number of pyridine rings is 2. The van der Waals surface area contributed by atoms with Crippen molar-refractivity contribution in [2.45, 2.75) is 13.8 Å². The highest BCUT2D eigenvalue weighted by atomic mass is 35.5. The second-order valence-corrected chi connectivity index (χ2v) is 9.33. The highest BCUT2D eigenvalue weighted by Gasteiger charge is 2.14. The topological polar surface area (TPSA) is 128 Å². The molecule has 0 atom stereocenters. The van der Waals surface area contributed by atoms with Crippen LogP contribution >= 0.6 is 34.8 Å². The second kappa shape index (κ2) is 11.7. The van der Waals surface area contributed by atoms with Crippen molar-refractivity contribution >= 4 is 74.7 Å². The van der Waals surface area contributed by atoms with Gasteiger partial charge in [0.2, 0.25) is 0 Å². The summed E-state index contributed by atoms with van der Waals surface area (Å²) in [5.41, 5.74) is 8.81. The molecule has 39 heavy (non-hydrogen) atoms. The van der Waals surface area contributed by atoms with Crippen LogP contribution in [-0.4, -0.2) is 20.2 Å². The number of nitrogens with two attached hydrogens (primary N) is 1. The highest BCUT2D eigenvalue weighted by molar-refractivity contribution is 6.34. The number of anilines is 5. The molecule has 0 saturated carbocycles. The van der Waals surface area contributed by atoms with Crippen molar-refractivity contribution in [3.05, 3.63) is 92.1 Å². The molecule has 0 aliphatic carbocycles. The highest BCUT2D eigenvalue weighted by Crippen LogP contribution is 2.31. The van der Waals surface area contributed by atoms with Crippen LogP contribution in [0.4, 0.5) is 37.6 Å². The van der Waals surface area contributed by atoms with Crippen LogP contribution in [-0.2, 0) is 0 Å². The van der Waals surface area contributed by atoms with Gasteiger partial charge in [0.15, 0.2) is 28.9 Å². The van der Waals surface area contributed by atoms with Gasteiger partial charge >= 0.3 is 0 Å². The number of nitrogens with zero attached hydrogens (tertiary/aromatic N) is 4. The molecule has 198 valence electrons. The molecule has 0 unspecified atom stereocenters. The summed E-state index contributed by atoms with van der Waals surface area (Å²) in [5.74, 6) is -0.929. The summed E-state index contributed by atoms with van der Waals surface area (Å²) in [6.07, 6.45) is 0. The third-order valence-electron chi connectivity index (χ3n) is 5.47. The van der Waals surface area contributed by atoms with Gasteiger partial charge in [-0.1, -0.05) is 59.1 Å². The van der Waals surface area contributed by atoms with Gasteiger partial charge in [0.05, 0.1) is 32.4 Å². The molecule has 13 heteroatoms. The predicted molar refractivity (Wildman–Crippen MR) is 151 cm³/mol. The minimum absolute atomic E-state index is 0.0138. The summed E-state index contributed by atoms with van der Waals surface area (Å²) in [4.78, 5) is 7.90. The Morgan fingerprint density at radius 1 is 0.872 bits per heavy atom. The third kappa shape index (κ3) is 6.12. The van der Waals surface area contributed by atoms with E-state index in [1.807, 2.05) is 32.0 Å². The maximum Gasteiger partial charge on any atom is 0.185 e. The van der Waals surface area contributed by atoms with Crippen molar-refractivity contribution in [3.63, 3.8) is 0 Å². The van der Waals surface area contributed by atoms with Gasteiger partial charge in [-0.05, 0) is 49.2 Å². The summed E-state index contributed by atoms with van der Waals surface area (Å²) in [7, 11) is 0. The lowest BCUT2D eigenvalue weighted by Crippen LogP contribution is -2.00. The number of nitrogens with one attached hydrogen (secondary N) is 3. The van der Waals surface area contributed by atoms with Crippen molar-refractivity contribution in [2.75, 3.05) is 16.4 Å². The number of halogens is 5. The number of nitriles is 1. The van der Waals surface area contributed by atoms with Crippen LogP contribution in [0.3, 0.4) is 0 Å². The maximum absolute atomic E-state index is 14.0. The van der Waals surface area contributed by atoms with Gasteiger partial charge in [-0.3, -0.25) is 5.10 Å². The molecule has 0 amide bonds. The Kier molecular flexibility index (Phi) is 8.35. The van der Waals surface area contributed by atoms with E-state index >= 15 is 0 Å². The zero-order valence-electron chi connectivity index (χ0n) is 20.4. The first-order chi connectivity index (χ1) is 18.6. The zero-order chi connectivity index (χ0) is 28.3. The fourth-order valence-corrected chi connectivity index (χ4v) is 3.93. The van der Waals surface area contributed by atoms with Crippen LogP contribution < -0.4 is 16.4 Å². The summed E-state index contributed by atoms with van der Waals surface area (Å²) in [6.45, 7) is 3.71. The van der Waals surface area contributed by atoms with Gasteiger partial charge in [0, 0.05) is 0 Å². The summed E-state index contributed by atoms with van der Waals surface area (Å²) >= 11 is 18.0. The largest absolute Gasteiger partial charge is 0.384 e. The molecule has 5 rings (SSSR count). The Morgan fingerprint density at radius 3 is 1.97 bits per heavy atom. The number of aromatic amines is 1. The van der Waals surface area contributed by atoms with E-state index in [1.54, 1.807) is 24.3 Å². The minimum atomic E-state index is -0.668. The van der Waals surface area contributed by atoms with Crippen LogP contribution in [0.2, 0.25) is 15.2 Å². The molecular weight excluding hydrogens is 569 g/mol. The molecule has 2 aromatic carbocycles. The molecule has 5 aromatic rings. The molecule has 0 bridgehead atoms. The van der Waals surface area contributed by atoms with Gasteiger partial charge in [0.1, 0.15) is 17.0 Å². The lowest BCUT2D eigenvalue weighted by atomic mass is 10.2. The van der Waals surface area contributed by atoms with E-state index in [2.05, 4.69) is 30.8 Å². The van der Waals surface area contributed by atoms with Crippen LogP contribution in [0.25, 0.3) is 11.0 Å². The standard InChI is InChI=1S/C13H8Cl2FN3.C13H11ClFN5/c1-7-3-2-4-10(11(7)14)18-13-9(16)5-8(6-17)12(15)19-13;1-6-3-2-4-9(10(6)14)17-13-8(15)5-7-11(16)19-20-12(7)18-13/h2-5H,1H3,(H,18,19);2-5H,1H3,(H4,16,17,18,19,20). The lowest BCUT2D eigenvalue weighted by Gasteiger charge is -2.10. The first kappa shape index (κ1) is 27.9. The van der Waals surface area contributed by atoms with Crippen LogP contribution in [0.15, 0.2) is 48.5 Å². The number of rotatable bonds is 4. The molecule has 0 saturated heterocycles. The molecule has 0 spiro atoms. The number of benzene rings is 2. The smallest absolute Gasteiger partial charge is 0.185 e. The van der Waals surface area contributed by atoms with Gasteiger partial charge < -0.3 is 16.4 Å². The van der Waals surface area contributed by atoms with Crippen molar-refractivity contribution in [3.8, 4) is 6.07 Å². The molecule has 0 aliphatic rings. The lowest BCUT2D eigenvalue weighted by molar-refractivity contribution is 0.626. The van der Waals surface area contributed by atoms with Crippen LogP contribution in [0, 0.1) is 36.8 Å². The fraction of sp³-hybridized carbons (Fsp3) is 0.0769. The monoisotopic (exact) mass is 586 g/mol. The Morgan fingerprint density at radius 2 is 1.41 bits per heavy atom. The number of aryl methyl sites for hydroxylation is 2. The second-order valence-electron chi connectivity index (χ2n) is 8.22. The van der Waals surface area contributed by atoms with Crippen molar-refractivity contribution in [1.29, 1.82) is 5.26 Å². The van der Waals surface area contributed by atoms with Gasteiger partial charge in [-0.2, -0.15) is 10.4 Å². The summed E-state index contributed by atoms with van der Waals surface area (Å²) < 4.78 is 27.8.